The number of ether oxygens (including phenoxy) is 1. The maximum absolute atomic E-state index is 14.7. The fourth-order valence-electron chi connectivity index (χ4n) is 2.88. The molecule has 0 unspecified atom stereocenters. The lowest BCUT2D eigenvalue weighted by molar-refractivity contribution is -0.187. The summed E-state index contributed by atoms with van der Waals surface area (Å²) >= 11 is 0. The lowest BCUT2D eigenvalue weighted by Gasteiger charge is -2.19. The topological polar surface area (TPSA) is 39.4 Å². The third-order valence-corrected chi connectivity index (χ3v) is 4.31. The molecule has 142 valence electrons. The van der Waals surface area contributed by atoms with Gasteiger partial charge in [0.1, 0.15) is 22.5 Å². The summed E-state index contributed by atoms with van der Waals surface area (Å²) in [5.41, 5.74) is -1.02. The summed E-state index contributed by atoms with van der Waals surface area (Å²) in [6, 6.07) is 9.83. The van der Waals surface area contributed by atoms with E-state index < -0.39 is 28.5 Å². The predicted molar refractivity (Wildman–Crippen MR) is 96.8 cm³/mol. The molecule has 0 aliphatic heterocycles. The van der Waals surface area contributed by atoms with Crippen molar-refractivity contribution in [3.8, 4) is 5.75 Å². The van der Waals surface area contributed by atoms with Gasteiger partial charge in [0.05, 0.1) is 0 Å². The molecule has 0 spiro atoms. The van der Waals surface area contributed by atoms with Crippen molar-refractivity contribution < 1.29 is 22.3 Å². The minimum absolute atomic E-state index is 0.0953. The number of hydrogen-bond acceptors (Lipinski definition) is 3. The van der Waals surface area contributed by atoms with Crippen molar-refractivity contribution in [2.45, 2.75) is 39.2 Å². The molecule has 0 fully saturated rings. The molecule has 0 atom stereocenters. The van der Waals surface area contributed by atoms with Crippen LogP contribution >= 0.6 is 0 Å². The van der Waals surface area contributed by atoms with Crippen molar-refractivity contribution >= 4 is 10.8 Å². The Morgan fingerprint density at radius 2 is 1.78 bits per heavy atom. The third kappa shape index (κ3) is 3.84. The van der Waals surface area contributed by atoms with Crippen LogP contribution in [0.3, 0.4) is 0 Å². The molecule has 0 aliphatic carbocycles. The molecule has 0 saturated heterocycles. The summed E-state index contributed by atoms with van der Waals surface area (Å²) in [4.78, 5) is 12.1. The SMILES string of the molecule is CCCc1cc2ccc(C(F)(F)Oc3ccc(CC)cc3)c(F)c2c(=O)o1. The van der Waals surface area contributed by atoms with Gasteiger partial charge < -0.3 is 9.15 Å². The molecule has 6 heteroatoms. The molecule has 1 heterocycles. The summed E-state index contributed by atoms with van der Waals surface area (Å²) < 4.78 is 53.6. The van der Waals surface area contributed by atoms with E-state index in [0.717, 1.165) is 24.5 Å². The number of rotatable bonds is 6. The van der Waals surface area contributed by atoms with Crippen LogP contribution in [0, 0.1) is 5.82 Å². The van der Waals surface area contributed by atoms with Gasteiger partial charge >= 0.3 is 11.7 Å². The Kier molecular flexibility index (Phi) is 5.26. The lowest BCUT2D eigenvalue weighted by Crippen LogP contribution is -2.24. The summed E-state index contributed by atoms with van der Waals surface area (Å²) in [5, 5.41) is -0.281. The highest BCUT2D eigenvalue weighted by molar-refractivity contribution is 5.83. The van der Waals surface area contributed by atoms with E-state index in [9.17, 15) is 18.0 Å². The average molecular weight is 376 g/mol. The van der Waals surface area contributed by atoms with E-state index in [1.165, 1.54) is 24.3 Å². The van der Waals surface area contributed by atoms with Gasteiger partial charge in [-0.3, -0.25) is 0 Å². The summed E-state index contributed by atoms with van der Waals surface area (Å²) in [5.74, 6) is -1.04. The first-order valence-electron chi connectivity index (χ1n) is 8.77. The highest BCUT2D eigenvalue weighted by Gasteiger charge is 2.38. The molecule has 3 nitrogen and oxygen atoms in total. The van der Waals surface area contributed by atoms with E-state index in [1.54, 1.807) is 12.1 Å². The van der Waals surface area contributed by atoms with Gasteiger partial charge in [-0.1, -0.05) is 32.0 Å². The van der Waals surface area contributed by atoms with Crippen molar-refractivity contribution in [1.29, 1.82) is 0 Å². The second-order valence-corrected chi connectivity index (χ2v) is 6.26. The molecule has 0 saturated carbocycles. The Hall–Kier alpha value is -2.76. The minimum Gasteiger partial charge on any atom is -0.429 e. The Morgan fingerprint density at radius 1 is 1.07 bits per heavy atom. The van der Waals surface area contributed by atoms with E-state index in [2.05, 4.69) is 0 Å². The molecule has 3 aromatic rings. The van der Waals surface area contributed by atoms with E-state index in [1.807, 2.05) is 13.8 Å². The third-order valence-electron chi connectivity index (χ3n) is 4.31. The predicted octanol–water partition coefficient (Wildman–Crippen LogP) is 5.58. The highest BCUT2D eigenvalue weighted by atomic mass is 19.3. The van der Waals surface area contributed by atoms with E-state index in [0.29, 0.717) is 12.2 Å². The first-order chi connectivity index (χ1) is 12.9. The van der Waals surface area contributed by atoms with Crippen LogP contribution in [0.1, 0.15) is 37.2 Å². The van der Waals surface area contributed by atoms with Crippen LogP contribution in [-0.2, 0) is 19.0 Å². The molecule has 2 aromatic carbocycles. The maximum atomic E-state index is 14.7. The first-order valence-corrected chi connectivity index (χ1v) is 8.77. The summed E-state index contributed by atoms with van der Waals surface area (Å²) in [6.07, 6.45) is -1.95. The maximum Gasteiger partial charge on any atom is 0.429 e. The largest absolute Gasteiger partial charge is 0.429 e. The van der Waals surface area contributed by atoms with Gasteiger partial charge in [0, 0.05) is 6.42 Å². The summed E-state index contributed by atoms with van der Waals surface area (Å²) in [7, 11) is 0. The molecule has 27 heavy (non-hydrogen) atoms. The zero-order valence-electron chi connectivity index (χ0n) is 15.0. The first kappa shape index (κ1) is 19.0. The molecule has 0 N–H and O–H groups in total. The molecule has 1 aromatic heterocycles. The molecule has 0 bridgehead atoms. The fourth-order valence-corrected chi connectivity index (χ4v) is 2.88. The summed E-state index contributed by atoms with van der Waals surface area (Å²) in [6.45, 7) is 3.84. The molecule has 3 rings (SSSR count). The number of halogens is 3. The second kappa shape index (κ2) is 7.47. The quantitative estimate of drug-likeness (QED) is 0.564. The van der Waals surface area contributed by atoms with E-state index in [4.69, 9.17) is 9.15 Å². The average Bonchev–Trinajstić information content (AvgIpc) is 2.62. The van der Waals surface area contributed by atoms with Crippen LogP contribution < -0.4 is 10.4 Å². The van der Waals surface area contributed by atoms with Gasteiger partial charge in [0.25, 0.3) is 0 Å². The Morgan fingerprint density at radius 3 is 2.41 bits per heavy atom. The molecule has 0 radical (unpaired) electrons. The van der Waals surface area contributed by atoms with Gasteiger partial charge in [-0.2, -0.15) is 8.78 Å². The van der Waals surface area contributed by atoms with Gasteiger partial charge in [0.2, 0.25) is 0 Å². The van der Waals surface area contributed by atoms with Gasteiger partial charge in [0.15, 0.2) is 5.82 Å². The minimum atomic E-state index is -3.94. The molecule has 0 aliphatic rings. The van der Waals surface area contributed by atoms with Gasteiger partial charge in [-0.25, -0.2) is 9.18 Å². The van der Waals surface area contributed by atoms with Gasteiger partial charge in [-0.05, 0) is 48.1 Å². The fraction of sp³-hybridized carbons (Fsp3) is 0.286. The van der Waals surface area contributed by atoms with Crippen molar-refractivity contribution in [1.82, 2.24) is 0 Å². The van der Waals surface area contributed by atoms with E-state index >= 15 is 0 Å². The van der Waals surface area contributed by atoms with Crippen LogP contribution in [0.2, 0.25) is 0 Å². The van der Waals surface area contributed by atoms with E-state index in [-0.39, 0.29) is 11.1 Å². The van der Waals surface area contributed by atoms with Crippen LogP contribution in [0.4, 0.5) is 13.2 Å². The van der Waals surface area contributed by atoms with Crippen LogP contribution in [0.15, 0.2) is 51.7 Å². The van der Waals surface area contributed by atoms with Crippen LogP contribution in [-0.4, -0.2) is 0 Å². The zero-order valence-corrected chi connectivity index (χ0v) is 15.0. The monoisotopic (exact) mass is 376 g/mol. The Labute approximate surface area is 154 Å². The highest BCUT2D eigenvalue weighted by Crippen LogP contribution is 2.35. The number of aryl methyl sites for hydroxylation is 2. The van der Waals surface area contributed by atoms with Gasteiger partial charge in [-0.15, -0.1) is 0 Å². The number of benzene rings is 2. The second-order valence-electron chi connectivity index (χ2n) is 6.26. The van der Waals surface area contributed by atoms with Crippen molar-refractivity contribution in [2.75, 3.05) is 0 Å². The molecular weight excluding hydrogens is 357 g/mol. The Balaban J connectivity index is 2.01. The number of alkyl halides is 2. The number of fused-ring (bicyclic) bond motifs is 1. The van der Waals surface area contributed by atoms with Crippen molar-refractivity contribution in [3.63, 3.8) is 0 Å². The number of hydrogen-bond donors (Lipinski definition) is 0. The lowest BCUT2D eigenvalue weighted by atomic mass is 10.1. The molecular formula is C21H19F3O3. The standard InChI is InChI=1S/C21H19F3O3/c1-3-5-16-12-14-8-11-17(19(22)18(14)20(25)26-16)21(23,24)27-15-9-6-13(4-2)7-10-15/h6-12H,3-5H2,1-2H3. The van der Waals surface area contributed by atoms with Crippen LogP contribution in [0.5, 0.6) is 5.75 Å². The normalized spacial score (nSPS) is 11.7. The smallest absolute Gasteiger partial charge is 0.429 e. The zero-order chi connectivity index (χ0) is 19.6. The van der Waals surface area contributed by atoms with Crippen LogP contribution in [0.25, 0.3) is 10.8 Å². The molecule has 0 amide bonds. The Bertz CT molecular complexity index is 1010. The van der Waals surface area contributed by atoms with Crippen molar-refractivity contribution in [2.24, 2.45) is 0 Å². The van der Waals surface area contributed by atoms with Crippen molar-refractivity contribution in [3.05, 3.63) is 75.6 Å².